The number of hydrogen-bond donors (Lipinski definition) is 1. The minimum absolute atomic E-state index is 0.299. The van der Waals surface area contributed by atoms with Crippen LogP contribution in [-0.4, -0.2) is 20.1 Å². The van der Waals surface area contributed by atoms with Gasteiger partial charge in [-0.2, -0.15) is 0 Å². The molecule has 0 bridgehead atoms. The van der Waals surface area contributed by atoms with Crippen LogP contribution in [0.15, 0.2) is 72.8 Å². The Labute approximate surface area is 230 Å². The minimum Gasteiger partial charge on any atom is -0.456 e. The second-order valence-electron chi connectivity index (χ2n) is 10.4. The van der Waals surface area contributed by atoms with Gasteiger partial charge in [-0.1, -0.05) is 45.0 Å². The van der Waals surface area contributed by atoms with Gasteiger partial charge in [0, 0.05) is 48.4 Å². The number of rotatable bonds is 6. The summed E-state index contributed by atoms with van der Waals surface area (Å²) >= 11 is 0. The molecule has 2 aliphatic rings. The van der Waals surface area contributed by atoms with Crippen molar-refractivity contribution in [2.75, 3.05) is 24.3 Å². The van der Waals surface area contributed by atoms with Crippen molar-refractivity contribution in [1.29, 1.82) is 0 Å². The Kier molecular flexibility index (Phi) is 6.10. The van der Waals surface area contributed by atoms with E-state index >= 15 is 0 Å². The van der Waals surface area contributed by atoms with Gasteiger partial charge in [0.25, 0.3) is 0 Å². The molecule has 1 N–H and O–H groups in total. The molecule has 198 valence electrons. The zero-order chi connectivity index (χ0) is 27.3. The topological polar surface area (TPSA) is 50.8 Å². The van der Waals surface area contributed by atoms with Crippen molar-refractivity contribution >= 4 is 23.0 Å². The molecule has 1 spiro atoms. The van der Waals surface area contributed by atoms with Gasteiger partial charge in [0.1, 0.15) is 11.5 Å². The lowest BCUT2D eigenvalue weighted by atomic mass is 9.73. The van der Waals surface area contributed by atoms with Crippen molar-refractivity contribution in [3.8, 4) is 11.5 Å². The van der Waals surface area contributed by atoms with E-state index in [0.717, 1.165) is 64.3 Å². The number of carbonyl (C=O) groups excluding carboxylic acids is 1. The first-order valence-corrected chi connectivity index (χ1v) is 13.8. The van der Waals surface area contributed by atoms with Crippen LogP contribution in [0.1, 0.15) is 64.5 Å². The van der Waals surface area contributed by atoms with E-state index in [4.69, 9.17) is 9.47 Å². The highest BCUT2D eigenvalue weighted by Gasteiger charge is 2.54. The first-order chi connectivity index (χ1) is 18.9. The monoisotopic (exact) mass is 518 g/mol. The van der Waals surface area contributed by atoms with Gasteiger partial charge in [-0.15, -0.1) is 0 Å². The second-order valence-corrected chi connectivity index (χ2v) is 10.4. The van der Waals surface area contributed by atoms with Gasteiger partial charge in [-0.3, -0.25) is 0 Å². The molecule has 4 aromatic carbocycles. The number of fused-ring (bicyclic) bond motifs is 6. The maximum atomic E-state index is 13.3. The third-order valence-electron chi connectivity index (χ3n) is 8.04. The number of carbonyl (C=O) groups is 1. The van der Waals surface area contributed by atoms with Crippen LogP contribution in [0.3, 0.4) is 0 Å². The number of hydrogen-bond acceptors (Lipinski definition) is 5. The summed E-state index contributed by atoms with van der Waals surface area (Å²) in [6, 6.07) is 24.5. The minimum atomic E-state index is -1.05. The number of nitrogens with zero attached hydrogens (tertiary/aromatic N) is 1. The summed E-state index contributed by atoms with van der Waals surface area (Å²) in [6.07, 6.45) is 2.54. The molecule has 5 heteroatoms. The molecule has 1 unspecified atom stereocenters. The van der Waals surface area contributed by atoms with Gasteiger partial charge < -0.3 is 19.7 Å². The van der Waals surface area contributed by atoms with E-state index < -0.39 is 5.60 Å². The van der Waals surface area contributed by atoms with Crippen molar-refractivity contribution in [3.05, 3.63) is 112 Å². The lowest BCUT2D eigenvalue weighted by Gasteiger charge is -2.39. The fourth-order valence-corrected chi connectivity index (χ4v) is 6.13. The first kappa shape index (κ1) is 25.1. The summed E-state index contributed by atoms with van der Waals surface area (Å²) in [4.78, 5) is 15.4. The largest absolute Gasteiger partial charge is 0.456 e. The second kappa shape index (κ2) is 9.49. The standard InChI is InChI=1S/C34H34N2O3/c1-6-21-19-22(7-2)31-32(26(21)8-3)38-30-20-24(35-23-13-16-25(17-14-23)36(4)5)15-18-29(30)34(31)28-12-10-9-11-27(28)33(37)39-34/h9-20,35H,6-8H2,1-5H3. The Morgan fingerprint density at radius 2 is 1.51 bits per heavy atom. The highest BCUT2D eigenvalue weighted by molar-refractivity contribution is 5.97. The Bertz CT molecular complexity index is 1590. The summed E-state index contributed by atoms with van der Waals surface area (Å²) in [5, 5.41) is 3.52. The fourth-order valence-electron chi connectivity index (χ4n) is 6.13. The normalized spacial score (nSPS) is 16.7. The maximum Gasteiger partial charge on any atom is 0.340 e. The van der Waals surface area contributed by atoms with Crippen molar-refractivity contribution in [3.63, 3.8) is 0 Å². The van der Waals surface area contributed by atoms with E-state index in [1.54, 1.807) is 0 Å². The van der Waals surface area contributed by atoms with Crippen molar-refractivity contribution in [2.24, 2.45) is 0 Å². The molecule has 5 nitrogen and oxygen atoms in total. The fraction of sp³-hybridized carbons (Fsp3) is 0.265. The van der Waals surface area contributed by atoms with Crippen molar-refractivity contribution < 1.29 is 14.3 Å². The van der Waals surface area contributed by atoms with E-state index in [-0.39, 0.29) is 5.97 Å². The van der Waals surface area contributed by atoms with E-state index in [1.807, 2.05) is 56.6 Å². The number of benzene rings is 4. The number of ether oxygens (including phenoxy) is 2. The molecular weight excluding hydrogens is 484 g/mol. The molecule has 0 aliphatic carbocycles. The van der Waals surface area contributed by atoms with Gasteiger partial charge in [0.05, 0.1) is 11.1 Å². The first-order valence-electron chi connectivity index (χ1n) is 13.8. The zero-order valence-corrected chi connectivity index (χ0v) is 23.2. The lowest BCUT2D eigenvalue weighted by molar-refractivity contribution is 0.0221. The predicted octanol–water partition coefficient (Wildman–Crippen LogP) is 7.75. The zero-order valence-electron chi connectivity index (χ0n) is 23.2. The third kappa shape index (κ3) is 3.79. The van der Waals surface area contributed by atoms with Gasteiger partial charge in [-0.05, 0) is 78.4 Å². The van der Waals surface area contributed by atoms with E-state index in [2.05, 4.69) is 61.3 Å². The molecule has 0 fully saturated rings. The molecule has 0 radical (unpaired) electrons. The molecule has 0 amide bonds. The molecule has 39 heavy (non-hydrogen) atoms. The number of esters is 1. The molecule has 1 atom stereocenters. The Morgan fingerprint density at radius 1 is 0.795 bits per heavy atom. The molecule has 2 aliphatic heterocycles. The Morgan fingerprint density at radius 3 is 2.21 bits per heavy atom. The van der Waals surface area contributed by atoms with Crippen molar-refractivity contribution in [1.82, 2.24) is 0 Å². The van der Waals surface area contributed by atoms with Crippen LogP contribution < -0.4 is 15.0 Å². The Hall–Kier alpha value is -4.25. The smallest absolute Gasteiger partial charge is 0.340 e. The van der Waals surface area contributed by atoms with Crippen LogP contribution in [-0.2, 0) is 29.6 Å². The average Bonchev–Trinajstić information content (AvgIpc) is 3.24. The van der Waals surface area contributed by atoms with Gasteiger partial charge in [-0.25, -0.2) is 4.79 Å². The van der Waals surface area contributed by atoms with Crippen LogP contribution in [0.5, 0.6) is 11.5 Å². The quantitative estimate of drug-likeness (QED) is 0.265. The molecule has 0 saturated heterocycles. The summed E-state index contributed by atoms with van der Waals surface area (Å²) in [6.45, 7) is 6.50. The van der Waals surface area contributed by atoms with Crippen LogP contribution in [0.25, 0.3) is 0 Å². The molecule has 0 saturated carbocycles. The molecule has 0 aromatic heterocycles. The summed E-state index contributed by atoms with van der Waals surface area (Å²) in [5.41, 5.74) is 8.88. The van der Waals surface area contributed by atoms with E-state index in [1.165, 1.54) is 11.1 Å². The van der Waals surface area contributed by atoms with E-state index in [9.17, 15) is 4.79 Å². The highest BCUT2D eigenvalue weighted by Crippen LogP contribution is 2.58. The summed E-state index contributed by atoms with van der Waals surface area (Å²) in [7, 11) is 4.06. The van der Waals surface area contributed by atoms with Crippen LogP contribution >= 0.6 is 0 Å². The highest BCUT2D eigenvalue weighted by atomic mass is 16.6. The molecule has 6 rings (SSSR count). The average molecular weight is 519 g/mol. The molecule has 2 heterocycles. The van der Waals surface area contributed by atoms with Crippen molar-refractivity contribution in [2.45, 2.75) is 45.6 Å². The number of nitrogens with one attached hydrogen (secondary N) is 1. The van der Waals surface area contributed by atoms with Crippen LogP contribution in [0.2, 0.25) is 0 Å². The van der Waals surface area contributed by atoms with Gasteiger partial charge in [0.15, 0.2) is 5.60 Å². The Balaban J connectivity index is 1.56. The molecular formula is C34H34N2O3. The van der Waals surface area contributed by atoms with Gasteiger partial charge in [0.2, 0.25) is 0 Å². The van der Waals surface area contributed by atoms with Crippen LogP contribution in [0, 0.1) is 0 Å². The lowest BCUT2D eigenvalue weighted by Crippen LogP contribution is -2.35. The van der Waals surface area contributed by atoms with E-state index in [0.29, 0.717) is 11.3 Å². The van der Waals surface area contributed by atoms with Crippen LogP contribution in [0.4, 0.5) is 17.1 Å². The number of anilines is 3. The van der Waals surface area contributed by atoms with Gasteiger partial charge >= 0.3 is 5.97 Å². The third-order valence-corrected chi connectivity index (χ3v) is 8.04. The number of aryl methyl sites for hydroxylation is 2. The maximum absolute atomic E-state index is 13.3. The molecule has 4 aromatic rings. The summed E-state index contributed by atoms with van der Waals surface area (Å²) < 4.78 is 13.3. The predicted molar refractivity (Wildman–Crippen MR) is 157 cm³/mol. The summed E-state index contributed by atoms with van der Waals surface area (Å²) in [5.74, 6) is 1.23. The SMILES string of the molecule is CCc1cc(CC)c2c(c1CC)Oc1cc(Nc3ccc(N(C)C)cc3)ccc1C21OC(=O)c2ccccc21.